The van der Waals surface area contributed by atoms with E-state index in [9.17, 15) is 9.59 Å². The van der Waals surface area contributed by atoms with Crippen molar-refractivity contribution in [2.75, 3.05) is 0 Å². The summed E-state index contributed by atoms with van der Waals surface area (Å²) < 4.78 is 3.55. The predicted molar refractivity (Wildman–Crippen MR) is 53.6 cm³/mol. The molecule has 0 aliphatic carbocycles. The molecule has 0 saturated heterocycles. The van der Waals surface area contributed by atoms with Crippen molar-refractivity contribution in [3.63, 3.8) is 0 Å². The van der Waals surface area contributed by atoms with Crippen molar-refractivity contribution in [2.45, 2.75) is 19.9 Å². The number of aromatic nitrogens is 2. The molecule has 0 saturated carbocycles. The molecule has 0 aliphatic heterocycles. The molecule has 15 heavy (non-hydrogen) atoms. The summed E-state index contributed by atoms with van der Waals surface area (Å²) in [5.74, 6) is -1.91. The summed E-state index contributed by atoms with van der Waals surface area (Å²) in [5.41, 5.74) is 0. The summed E-state index contributed by atoms with van der Waals surface area (Å²) >= 11 is 0.973. The molecule has 82 valence electrons. The van der Waals surface area contributed by atoms with E-state index in [1.165, 1.54) is 13.1 Å². The van der Waals surface area contributed by atoms with Crippen LogP contribution < -0.4 is 5.32 Å². The van der Waals surface area contributed by atoms with Crippen molar-refractivity contribution >= 4 is 23.4 Å². The highest BCUT2D eigenvalue weighted by atomic mass is 32.1. The van der Waals surface area contributed by atoms with Crippen molar-refractivity contribution < 1.29 is 14.7 Å². The maximum Gasteiger partial charge on any atom is 0.308 e. The van der Waals surface area contributed by atoms with Crippen molar-refractivity contribution in [2.24, 2.45) is 5.92 Å². The Bertz CT molecular complexity index is 352. The molecule has 0 aliphatic rings. The van der Waals surface area contributed by atoms with Gasteiger partial charge in [-0.1, -0.05) is 4.49 Å². The lowest BCUT2D eigenvalue weighted by atomic mass is 10.0. The smallest absolute Gasteiger partial charge is 0.308 e. The molecule has 1 amide bonds. The molecule has 6 nitrogen and oxygen atoms in total. The van der Waals surface area contributed by atoms with Crippen molar-refractivity contribution in [1.82, 2.24) is 14.9 Å². The zero-order valence-electron chi connectivity index (χ0n) is 8.30. The molecule has 0 fully saturated rings. The van der Waals surface area contributed by atoms with Crippen LogP contribution in [0.3, 0.4) is 0 Å². The predicted octanol–water partition coefficient (Wildman–Crippen LogP) is 0.377. The van der Waals surface area contributed by atoms with Gasteiger partial charge in [-0.25, -0.2) is 0 Å². The van der Waals surface area contributed by atoms with Crippen LogP contribution in [-0.2, 0) is 4.79 Å². The SMILES string of the molecule is CC(NC(=O)c1cnns1)C(C)C(=O)O. The lowest BCUT2D eigenvalue weighted by Gasteiger charge is -2.16. The largest absolute Gasteiger partial charge is 0.481 e. The molecule has 7 heteroatoms. The van der Waals surface area contributed by atoms with Crippen LogP contribution in [0, 0.1) is 5.92 Å². The first-order valence-corrected chi connectivity index (χ1v) is 5.10. The monoisotopic (exact) mass is 229 g/mol. The molecule has 1 heterocycles. The first kappa shape index (κ1) is 11.6. The molecule has 0 bridgehead atoms. The molecule has 0 spiro atoms. The van der Waals surface area contributed by atoms with Crippen LogP contribution in [0.4, 0.5) is 0 Å². The van der Waals surface area contributed by atoms with Gasteiger partial charge in [-0.3, -0.25) is 9.59 Å². The van der Waals surface area contributed by atoms with Gasteiger partial charge in [0.2, 0.25) is 0 Å². The van der Waals surface area contributed by atoms with E-state index in [0.29, 0.717) is 4.88 Å². The number of hydrogen-bond acceptors (Lipinski definition) is 5. The molecule has 2 N–H and O–H groups in total. The fraction of sp³-hybridized carbons (Fsp3) is 0.500. The van der Waals surface area contributed by atoms with Crippen molar-refractivity contribution in [1.29, 1.82) is 0 Å². The van der Waals surface area contributed by atoms with Crippen LogP contribution >= 0.6 is 11.5 Å². The minimum absolute atomic E-state index is 0.342. The van der Waals surface area contributed by atoms with Gasteiger partial charge < -0.3 is 10.4 Å². The highest BCUT2D eigenvalue weighted by Gasteiger charge is 2.21. The number of carbonyl (C=O) groups excluding carboxylic acids is 1. The minimum Gasteiger partial charge on any atom is -0.481 e. The highest BCUT2D eigenvalue weighted by Crippen LogP contribution is 2.06. The fourth-order valence-corrected chi connectivity index (χ4v) is 1.30. The number of aliphatic carboxylic acids is 1. The van der Waals surface area contributed by atoms with Crippen LogP contribution in [0.25, 0.3) is 0 Å². The Morgan fingerprint density at radius 3 is 2.67 bits per heavy atom. The average Bonchev–Trinajstić information content (AvgIpc) is 2.68. The van der Waals surface area contributed by atoms with Gasteiger partial charge >= 0.3 is 5.97 Å². The normalized spacial score (nSPS) is 14.3. The van der Waals surface area contributed by atoms with E-state index < -0.39 is 17.9 Å². The average molecular weight is 229 g/mol. The topological polar surface area (TPSA) is 92.2 Å². The van der Waals surface area contributed by atoms with E-state index >= 15 is 0 Å². The number of nitrogens with one attached hydrogen (secondary N) is 1. The summed E-state index contributed by atoms with van der Waals surface area (Å²) in [6.45, 7) is 3.18. The van der Waals surface area contributed by atoms with E-state index in [1.807, 2.05) is 0 Å². The Labute approximate surface area is 90.5 Å². The number of nitrogens with zero attached hydrogens (tertiary/aromatic N) is 2. The second kappa shape index (κ2) is 4.83. The Kier molecular flexibility index (Phi) is 3.73. The van der Waals surface area contributed by atoms with E-state index in [1.54, 1.807) is 6.92 Å². The Morgan fingerprint density at radius 2 is 2.20 bits per heavy atom. The third kappa shape index (κ3) is 2.98. The van der Waals surface area contributed by atoms with Gasteiger partial charge in [-0.2, -0.15) is 0 Å². The number of rotatable bonds is 4. The standard InChI is InChI=1S/C8H11N3O3S/c1-4(8(13)14)5(2)10-7(12)6-3-9-11-15-6/h3-5H,1-2H3,(H,10,12)(H,13,14). The summed E-state index contributed by atoms with van der Waals surface area (Å²) in [4.78, 5) is 22.5. The van der Waals surface area contributed by atoms with Crippen LogP contribution in [0.5, 0.6) is 0 Å². The summed E-state index contributed by atoms with van der Waals surface area (Å²) in [6.07, 6.45) is 1.35. The third-order valence-corrected chi connectivity index (χ3v) is 2.75. The van der Waals surface area contributed by atoms with E-state index in [0.717, 1.165) is 11.5 Å². The quantitative estimate of drug-likeness (QED) is 0.778. The fourth-order valence-electron chi connectivity index (χ4n) is 0.884. The van der Waals surface area contributed by atoms with Crippen LogP contribution in [-0.4, -0.2) is 32.6 Å². The lowest BCUT2D eigenvalue weighted by molar-refractivity contribution is -0.141. The molecule has 0 aromatic carbocycles. The minimum atomic E-state index is -0.940. The molecule has 1 aromatic heterocycles. The highest BCUT2D eigenvalue weighted by molar-refractivity contribution is 7.07. The molecule has 2 unspecified atom stereocenters. The zero-order valence-corrected chi connectivity index (χ0v) is 9.11. The van der Waals surface area contributed by atoms with Crippen molar-refractivity contribution in [3.05, 3.63) is 11.1 Å². The van der Waals surface area contributed by atoms with Gasteiger partial charge in [0.15, 0.2) is 0 Å². The lowest BCUT2D eigenvalue weighted by Crippen LogP contribution is -2.39. The van der Waals surface area contributed by atoms with Gasteiger partial charge in [-0.05, 0) is 25.4 Å². The summed E-state index contributed by atoms with van der Waals surface area (Å²) in [6, 6.07) is -0.433. The Morgan fingerprint density at radius 1 is 1.53 bits per heavy atom. The Balaban J connectivity index is 2.56. The molecule has 1 rings (SSSR count). The molecular formula is C8H11N3O3S. The van der Waals surface area contributed by atoms with Gasteiger partial charge in [0, 0.05) is 6.04 Å². The van der Waals surface area contributed by atoms with E-state index in [4.69, 9.17) is 5.11 Å². The van der Waals surface area contributed by atoms with E-state index in [-0.39, 0.29) is 5.91 Å². The van der Waals surface area contributed by atoms with Gasteiger partial charge in [0.05, 0.1) is 12.1 Å². The summed E-state index contributed by atoms with van der Waals surface area (Å²) in [7, 11) is 0. The van der Waals surface area contributed by atoms with Crippen LogP contribution in [0.2, 0.25) is 0 Å². The van der Waals surface area contributed by atoms with Crippen LogP contribution in [0.1, 0.15) is 23.5 Å². The van der Waals surface area contributed by atoms with Gasteiger partial charge in [0.25, 0.3) is 5.91 Å². The zero-order chi connectivity index (χ0) is 11.4. The number of carboxylic acid groups (broad SMARTS) is 1. The number of carbonyl (C=O) groups is 2. The Hall–Kier alpha value is -1.50. The first-order valence-electron chi connectivity index (χ1n) is 4.33. The first-order chi connectivity index (χ1) is 7.02. The third-order valence-electron chi connectivity index (χ3n) is 2.08. The molecule has 0 radical (unpaired) electrons. The second-order valence-electron chi connectivity index (χ2n) is 3.17. The maximum atomic E-state index is 11.5. The van der Waals surface area contributed by atoms with Crippen LogP contribution in [0.15, 0.2) is 6.20 Å². The van der Waals surface area contributed by atoms with Gasteiger partial charge in [0.1, 0.15) is 4.88 Å². The van der Waals surface area contributed by atoms with Crippen molar-refractivity contribution in [3.8, 4) is 0 Å². The number of hydrogen-bond donors (Lipinski definition) is 2. The number of amides is 1. The second-order valence-corrected chi connectivity index (χ2v) is 3.96. The number of carboxylic acids is 1. The summed E-state index contributed by atoms with van der Waals surface area (Å²) in [5, 5.41) is 14.8. The molecular weight excluding hydrogens is 218 g/mol. The maximum absolute atomic E-state index is 11.5. The molecule has 1 aromatic rings. The van der Waals surface area contributed by atoms with Gasteiger partial charge in [-0.15, -0.1) is 5.10 Å². The van der Waals surface area contributed by atoms with E-state index in [2.05, 4.69) is 14.9 Å². The molecule has 2 atom stereocenters.